The van der Waals surface area contributed by atoms with Crippen molar-refractivity contribution in [2.24, 2.45) is 11.8 Å². The second-order valence-corrected chi connectivity index (χ2v) is 6.33. The Balaban J connectivity index is 2.24. The van der Waals surface area contributed by atoms with Crippen LogP contribution in [0.2, 0.25) is 0 Å². The molecule has 22 heavy (non-hydrogen) atoms. The molecular formula is C19H32O3. The van der Waals surface area contributed by atoms with Crippen molar-refractivity contribution in [2.75, 3.05) is 6.61 Å². The fraction of sp³-hybridized carbons (Fsp3) is 0.789. The third-order valence-electron chi connectivity index (χ3n) is 4.48. The van der Waals surface area contributed by atoms with E-state index >= 15 is 0 Å². The molecule has 0 radical (unpaired) electrons. The topological polar surface area (TPSA) is 43.4 Å². The van der Waals surface area contributed by atoms with Crippen molar-refractivity contribution in [3.63, 3.8) is 0 Å². The molecule has 1 aliphatic rings. The normalized spacial score (nSPS) is 21.6. The zero-order valence-corrected chi connectivity index (χ0v) is 14.3. The van der Waals surface area contributed by atoms with Gasteiger partial charge in [-0.05, 0) is 31.6 Å². The number of carbonyl (C=O) groups is 2. The summed E-state index contributed by atoms with van der Waals surface area (Å²) in [7, 11) is 0. The van der Waals surface area contributed by atoms with Gasteiger partial charge in [0.15, 0.2) is 0 Å². The highest BCUT2D eigenvalue weighted by Gasteiger charge is 2.35. The number of hydrogen-bond donors (Lipinski definition) is 0. The lowest BCUT2D eigenvalue weighted by Gasteiger charge is -2.16. The molecule has 0 bridgehead atoms. The number of hydrogen-bond acceptors (Lipinski definition) is 3. The van der Waals surface area contributed by atoms with Crippen LogP contribution in [0.4, 0.5) is 0 Å². The van der Waals surface area contributed by atoms with E-state index in [9.17, 15) is 9.59 Å². The average molecular weight is 308 g/mol. The van der Waals surface area contributed by atoms with Crippen LogP contribution in [0.1, 0.15) is 78.1 Å². The van der Waals surface area contributed by atoms with Crippen LogP contribution in [-0.4, -0.2) is 18.4 Å². The van der Waals surface area contributed by atoms with E-state index in [0.717, 1.165) is 32.1 Å². The van der Waals surface area contributed by atoms with Crippen LogP contribution in [0.25, 0.3) is 0 Å². The van der Waals surface area contributed by atoms with Gasteiger partial charge in [0.2, 0.25) is 0 Å². The standard InChI is InChI=1S/C19H32O3/c1-3-5-7-8-10-14-22-19(21)15-16-12-13-18(20)17(16)11-9-6-4-2/h6,9,16-17H,3-5,7-8,10-15H2,1-2H3. The third kappa shape index (κ3) is 7.24. The van der Waals surface area contributed by atoms with Gasteiger partial charge >= 0.3 is 5.97 Å². The van der Waals surface area contributed by atoms with Gasteiger partial charge in [0.1, 0.15) is 5.78 Å². The van der Waals surface area contributed by atoms with E-state index in [1.807, 2.05) is 0 Å². The van der Waals surface area contributed by atoms with Crippen molar-refractivity contribution in [3.05, 3.63) is 12.2 Å². The Hall–Kier alpha value is -1.12. The Morgan fingerprint density at radius 1 is 1.18 bits per heavy atom. The fourth-order valence-electron chi connectivity index (χ4n) is 3.12. The summed E-state index contributed by atoms with van der Waals surface area (Å²) < 4.78 is 5.33. The first-order chi connectivity index (χ1) is 10.7. The van der Waals surface area contributed by atoms with Crippen LogP contribution in [0.3, 0.4) is 0 Å². The number of ketones is 1. The molecule has 0 saturated heterocycles. The second-order valence-electron chi connectivity index (χ2n) is 6.33. The molecule has 0 aliphatic heterocycles. The molecule has 126 valence electrons. The first-order valence-corrected chi connectivity index (χ1v) is 9.02. The second kappa shape index (κ2) is 11.4. The highest BCUT2D eigenvalue weighted by molar-refractivity contribution is 5.84. The van der Waals surface area contributed by atoms with Crippen molar-refractivity contribution < 1.29 is 14.3 Å². The minimum absolute atomic E-state index is 0.0277. The van der Waals surface area contributed by atoms with Crippen LogP contribution >= 0.6 is 0 Å². The molecular weight excluding hydrogens is 276 g/mol. The Morgan fingerprint density at radius 2 is 1.95 bits per heavy atom. The minimum atomic E-state index is -0.125. The molecule has 2 atom stereocenters. The molecule has 0 aromatic heterocycles. The van der Waals surface area contributed by atoms with Gasteiger partial charge in [-0.15, -0.1) is 0 Å². The lowest BCUT2D eigenvalue weighted by Crippen LogP contribution is -2.19. The van der Waals surface area contributed by atoms with Gasteiger partial charge in [-0.2, -0.15) is 0 Å². The molecule has 1 saturated carbocycles. The van der Waals surface area contributed by atoms with Crippen LogP contribution in [0.5, 0.6) is 0 Å². The molecule has 1 fully saturated rings. The molecule has 3 nitrogen and oxygen atoms in total. The van der Waals surface area contributed by atoms with Crippen molar-refractivity contribution in [1.29, 1.82) is 0 Å². The number of rotatable bonds is 11. The number of ether oxygens (including phenoxy) is 1. The summed E-state index contributed by atoms with van der Waals surface area (Å²) in [4.78, 5) is 23.9. The number of Topliss-reactive ketones (excluding diaryl/α,β-unsaturated/α-hetero) is 1. The Morgan fingerprint density at radius 3 is 2.68 bits per heavy atom. The van der Waals surface area contributed by atoms with Gasteiger partial charge in [-0.1, -0.05) is 51.7 Å². The molecule has 3 heteroatoms. The number of allylic oxidation sites excluding steroid dienone is 2. The number of esters is 1. The van der Waals surface area contributed by atoms with E-state index in [4.69, 9.17) is 4.74 Å². The van der Waals surface area contributed by atoms with Gasteiger partial charge in [-0.25, -0.2) is 0 Å². The zero-order chi connectivity index (χ0) is 16.2. The largest absolute Gasteiger partial charge is 0.466 e. The molecule has 0 aromatic rings. The molecule has 0 N–H and O–H groups in total. The van der Waals surface area contributed by atoms with Crippen LogP contribution in [-0.2, 0) is 14.3 Å². The minimum Gasteiger partial charge on any atom is -0.466 e. The lowest BCUT2D eigenvalue weighted by atomic mass is 9.89. The van der Waals surface area contributed by atoms with Crippen molar-refractivity contribution >= 4 is 11.8 Å². The predicted octanol–water partition coefficient (Wildman–Crippen LogP) is 4.84. The summed E-state index contributed by atoms with van der Waals surface area (Å²) in [5, 5.41) is 0. The predicted molar refractivity (Wildman–Crippen MR) is 89.6 cm³/mol. The Labute approximate surface area is 135 Å². The van der Waals surface area contributed by atoms with Gasteiger partial charge < -0.3 is 4.74 Å². The zero-order valence-electron chi connectivity index (χ0n) is 14.3. The van der Waals surface area contributed by atoms with E-state index in [2.05, 4.69) is 26.0 Å². The summed E-state index contributed by atoms with van der Waals surface area (Å²) in [5.41, 5.74) is 0. The Kier molecular flexibility index (Phi) is 9.85. The molecule has 0 aromatic carbocycles. The maximum absolute atomic E-state index is 11.9. The molecule has 1 rings (SSSR count). The van der Waals surface area contributed by atoms with E-state index in [1.54, 1.807) is 0 Å². The summed E-state index contributed by atoms with van der Waals surface area (Å²) in [6.45, 7) is 4.81. The van der Waals surface area contributed by atoms with E-state index in [0.29, 0.717) is 25.2 Å². The Bertz CT molecular complexity index is 360. The molecule has 2 unspecified atom stereocenters. The highest BCUT2D eigenvalue weighted by atomic mass is 16.5. The maximum atomic E-state index is 11.9. The van der Waals surface area contributed by atoms with Crippen LogP contribution < -0.4 is 0 Å². The van der Waals surface area contributed by atoms with Gasteiger partial charge in [0.05, 0.1) is 6.61 Å². The monoisotopic (exact) mass is 308 g/mol. The quantitative estimate of drug-likeness (QED) is 0.311. The van der Waals surface area contributed by atoms with Crippen molar-refractivity contribution in [2.45, 2.75) is 78.1 Å². The molecule has 0 heterocycles. The summed E-state index contributed by atoms with van der Waals surface area (Å²) in [5.74, 6) is 0.402. The van der Waals surface area contributed by atoms with Crippen LogP contribution in [0, 0.1) is 11.8 Å². The molecule has 1 aliphatic carbocycles. The van der Waals surface area contributed by atoms with Gasteiger partial charge in [-0.3, -0.25) is 9.59 Å². The smallest absolute Gasteiger partial charge is 0.306 e. The van der Waals surface area contributed by atoms with E-state index in [-0.39, 0.29) is 17.8 Å². The van der Waals surface area contributed by atoms with Gasteiger partial charge in [0.25, 0.3) is 0 Å². The maximum Gasteiger partial charge on any atom is 0.306 e. The first-order valence-electron chi connectivity index (χ1n) is 9.02. The summed E-state index contributed by atoms with van der Waals surface area (Å²) in [6, 6.07) is 0. The fourth-order valence-corrected chi connectivity index (χ4v) is 3.12. The molecule has 0 amide bonds. The summed E-state index contributed by atoms with van der Waals surface area (Å²) >= 11 is 0. The highest BCUT2D eigenvalue weighted by Crippen LogP contribution is 2.34. The van der Waals surface area contributed by atoms with E-state index < -0.39 is 0 Å². The third-order valence-corrected chi connectivity index (χ3v) is 4.48. The van der Waals surface area contributed by atoms with Crippen LogP contribution in [0.15, 0.2) is 12.2 Å². The van der Waals surface area contributed by atoms with Crippen molar-refractivity contribution in [3.8, 4) is 0 Å². The SMILES string of the molecule is CCC=CCC1C(=O)CCC1CC(=O)OCCCCCCC. The van der Waals surface area contributed by atoms with E-state index in [1.165, 1.54) is 19.3 Å². The summed E-state index contributed by atoms with van der Waals surface area (Å²) in [6.07, 6.45) is 13.6. The molecule has 0 spiro atoms. The number of carbonyl (C=O) groups excluding carboxylic acids is 2. The average Bonchev–Trinajstić information content (AvgIpc) is 2.84. The first kappa shape index (κ1) is 18.9. The lowest BCUT2D eigenvalue weighted by molar-refractivity contribution is -0.145. The number of unbranched alkanes of at least 4 members (excludes halogenated alkanes) is 4. The van der Waals surface area contributed by atoms with Crippen molar-refractivity contribution in [1.82, 2.24) is 0 Å². The van der Waals surface area contributed by atoms with Gasteiger partial charge in [0, 0.05) is 18.8 Å².